The van der Waals surface area contributed by atoms with Crippen LogP contribution in [0, 0.1) is 12.8 Å². The molecule has 1 atom stereocenters. The number of rotatable bonds is 8. The molecule has 0 fully saturated rings. The van der Waals surface area contributed by atoms with Crippen molar-refractivity contribution in [3.63, 3.8) is 0 Å². The van der Waals surface area contributed by atoms with Gasteiger partial charge >= 0.3 is 0 Å². The lowest BCUT2D eigenvalue weighted by atomic mass is 10.0. The van der Waals surface area contributed by atoms with Crippen LogP contribution in [-0.4, -0.2) is 30.1 Å². The Morgan fingerprint density at radius 1 is 1.23 bits per heavy atom. The summed E-state index contributed by atoms with van der Waals surface area (Å²) in [5.74, 6) is 1.66. The molecule has 0 aliphatic rings. The molecule has 0 radical (unpaired) electrons. The summed E-state index contributed by atoms with van der Waals surface area (Å²) < 4.78 is 0. The normalized spacial score (nSPS) is 13.3. The molecule has 4 heteroatoms. The fourth-order valence-corrected chi connectivity index (χ4v) is 2.15. The van der Waals surface area contributed by atoms with Crippen LogP contribution in [0.2, 0.25) is 0 Å². The molecule has 1 aromatic rings. The summed E-state index contributed by atoms with van der Waals surface area (Å²) in [7, 11) is 0. The second kappa shape index (κ2) is 10.2. The number of guanidine groups is 1. The zero-order valence-corrected chi connectivity index (χ0v) is 14.8. The van der Waals surface area contributed by atoms with Gasteiger partial charge in [-0.25, -0.2) is 0 Å². The molecule has 0 saturated carbocycles. The number of hydrogen-bond acceptors (Lipinski definition) is 2. The lowest BCUT2D eigenvalue weighted by Crippen LogP contribution is -2.42. The zero-order chi connectivity index (χ0) is 16.4. The van der Waals surface area contributed by atoms with E-state index in [1.807, 2.05) is 13.1 Å². The molecule has 0 saturated heterocycles. The van der Waals surface area contributed by atoms with Crippen LogP contribution in [0.4, 0.5) is 0 Å². The minimum Gasteiger partial charge on any atom is -0.357 e. The van der Waals surface area contributed by atoms with Gasteiger partial charge in [-0.1, -0.05) is 19.9 Å². The molecule has 0 aliphatic heterocycles. The van der Waals surface area contributed by atoms with Crippen LogP contribution in [0.25, 0.3) is 0 Å². The second-order valence-electron chi connectivity index (χ2n) is 6.34. The molecule has 0 spiro atoms. The Labute approximate surface area is 135 Å². The highest BCUT2D eigenvalue weighted by Gasteiger charge is 2.06. The maximum Gasteiger partial charge on any atom is 0.191 e. The Bertz CT molecular complexity index is 437. The van der Waals surface area contributed by atoms with Crippen molar-refractivity contribution in [1.29, 1.82) is 0 Å². The van der Waals surface area contributed by atoms with Crippen LogP contribution < -0.4 is 10.6 Å². The Morgan fingerprint density at radius 3 is 2.59 bits per heavy atom. The predicted octanol–water partition coefficient (Wildman–Crippen LogP) is 3.31. The van der Waals surface area contributed by atoms with E-state index in [-0.39, 0.29) is 0 Å². The van der Waals surface area contributed by atoms with Gasteiger partial charge in [-0.3, -0.25) is 9.98 Å². The maximum absolute atomic E-state index is 4.66. The van der Waals surface area contributed by atoms with Gasteiger partial charge in [0.05, 0.1) is 0 Å². The molecule has 4 nitrogen and oxygen atoms in total. The van der Waals surface area contributed by atoms with Gasteiger partial charge in [0.15, 0.2) is 5.96 Å². The Kier molecular flexibility index (Phi) is 8.56. The quantitative estimate of drug-likeness (QED) is 0.572. The van der Waals surface area contributed by atoms with E-state index < -0.39 is 0 Å². The lowest BCUT2D eigenvalue weighted by Gasteiger charge is -2.18. The van der Waals surface area contributed by atoms with E-state index in [0.29, 0.717) is 6.04 Å². The Balaban J connectivity index is 2.45. The molecular weight excluding hydrogens is 272 g/mol. The minimum absolute atomic E-state index is 0.446. The predicted molar refractivity (Wildman–Crippen MR) is 95.3 cm³/mol. The van der Waals surface area contributed by atoms with Gasteiger partial charge in [0.1, 0.15) is 0 Å². The average Bonchev–Trinajstić information content (AvgIpc) is 2.47. The lowest BCUT2D eigenvalue weighted by molar-refractivity contribution is 0.489. The van der Waals surface area contributed by atoms with Crippen LogP contribution in [-0.2, 0) is 6.42 Å². The molecule has 1 rings (SSSR count). The smallest absolute Gasteiger partial charge is 0.191 e. The highest BCUT2D eigenvalue weighted by molar-refractivity contribution is 5.80. The zero-order valence-electron chi connectivity index (χ0n) is 14.8. The number of aromatic nitrogens is 1. The van der Waals surface area contributed by atoms with Crippen molar-refractivity contribution < 1.29 is 0 Å². The van der Waals surface area contributed by atoms with E-state index in [9.17, 15) is 0 Å². The van der Waals surface area contributed by atoms with E-state index >= 15 is 0 Å². The molecule has 0 aliphatic carbocycles. The summed E-state index contributed by atoms with van der Waals surface area (Å²) >= 11 is 0. The van der Waals surface area contributed by atoms with Crippen molar-refractivity contribution >= 4 is 5.96 Å². The molecule has 124 valence electrons. The largest absolute Gasteiger partial charge is 0.357 e. The van der Waals surface area contributed by atoms with Gasteiger partial charge < -0.3 is 10.6 Å². The summed E-state index contributed by atoms with van der Waals surface area (Å²) in [5.41, 5.74) is 2.29. The first kappa shape index (κ1) is 18.5. The second-order valence-corrected chi connectivity index (χ2v) is 6.34. The maximum atomic E-state index is 4.66. The van der Waals surface area contributed by atoms with Crippen molar-refractivity contribution in [3.8, 4) is 0 Å². The minimum atomic E-state index is 0.446. The van der Waals surface area contributed by atoms with E-state index in [1.54, 1.807) is 0 Å². The first-order chi connectivity index (χ1) is 10.5. The van der Waals surface area contributed by atoms with Crippen molar-refractivity contribution in [2.75, 3.05) is 13.1 Å². The van der Waals surface area contributed by atoms with Crippen LogP contribution in [0.1, 0.15) is 51.8 Å². The van der Waals surface area contributed by atoms with Crippen molar-refractivity contribution in [3.05, 3.63) is 29.6 Å². The topological polar surface area (TPSA) is 49.3 Å². The van der Waals surface area contributed by atoms with Crippen LogP contribution >= 0.6 is 0 Å². The van der Waals surface area contributed by atoms with Crippen molar-refractivity contribution in [1.82, 2.24) is 15.6 Å². The summed E-state index contributed by atoms with van der Waals surface area (Å²) in [6.07, 6.45) is 5.27. The number of pyridine rings is 1. The number of aliphatic imine (C=N–C) groups is 1. The molecule has 2 N–H and O–H groups in total. The van der Waals surface area contributed by atoms with Gasteiger partial charge in [-0.2, -0.15) is 0 Å². The van der Waals surface area contributed by atoms with Crippen molar-refractivity contribution in [2.24, 2.45) is 10.9 Å². The molecule has 0 amide bonds. The highest BCUT2D eigenvalue weighted by atomic mass is 15.2. The number of nitrogens with zero attached hydrogens (tertiary/aromatic N) is 2. The Morgan fingerprint density at radius 2 is 2.00 bits per heavy atom. The number of nitrogens with one attached hydrogen (secondary N) is 2. The van der Waals surface area contributed by atoms with Gasteiger partial charge in [-0.05, 0) is 57.6 Å². The summed E-state index contributed by atoms with van der Waals surface area (Å²) in [6, 6.07) is 4.63. The summed E-state index contributed by atoms with van der Waals surface area (Å²) in [4.78, 5) is 8.99. The summed E-state index contributed by atoms with van der Waals surface area (Å²) in [6.45, 7) is 12.5. The standard InChI is InChI=1S/C18H32N4/c1-6-19-18(22-16(5)8-7-14(2)3)20-12-11-17-10-9-15(4)21-13-17/h9-10,13-14,16H,6-8,11-12H2,1-5H3,(H2,19,20,22). The van der Waals surface area contributed by atoms with Gasteiger partial charge in [-0.15, -0.1) is 0 Å². The average molecular weight is 304 g/mol. The number of aryl methyl sites for hydroxylation is 1. The van der Waals surface area contributed by atoms with Crippen LogP contribution in [0.15, 0.2) is 23.3 Å². The molecule has 1 aromatic heterocycles. The monoisotopic (exact) mass is 304 g/mol. The van der Waals surface area contributed by atoms with Crippen LogP contribution in [0.5, 0.6) is 0 Å². The van der Waals surface area contributed by atoms with Gasteiger partial charge in [0.25, 0.3) is 0 Å². The molecule has 22 heavy (non-hydrogen) atoms. The fourth-order valence-electron chi connectivity index (χ4n) is 2.15. The van der Waals surface area contributed by atoms with Crippen molar-refractivity contribution in [2.45, 2.75) is 59.9 Å². The van der Waals surface area contributed by atoms with E-state index in [4.69, 9.17) is 0 Å². The van der Waals surface area contributed by atoms with Gasteiger partial charge in [0, 0.05) is 31.0 Å². The molecule has 0 aromatic carbocycles. The first-order valence-corrected chi connectivity index (χ1v) is 8.47. The molecule has 1 unspecified atom stereocenters. The fraction of sp³-hybridized carbons (Fsp3) is 0.667. The molecule has 1 heterocycles. The third-order valence-corrected chi connectivity index (χ3v) is 3.55. The molecule has 0 bridgehead atoms. The first-order valence-electron chi connectivity index (χ1n) is 8.47. The SMILES string of the molecule is CCNC(=NCCc1ccc(C)nc1)NC(C)CCC(C)C. The molecular formula is C18H32N4. The summed E-state index contributed by atoms with van der Waals surface area (Å²) in [5, 5.41) is 6.81. The van der Waals surface area contributed by atoms with Crippen LogP contribution in [0.3, 0.4) is 0 Å². The third kappa shape index (κ3) is 8.01. The Hall–Kier alpha value is -1.58. The number of hydrogen-bond donors (Lipinski definition) is 2. The van der Waals surface area contributed by atoms with Gasteiger partial charge in [0.2, 0.25) is 0 Å². The highest BCUT2D eigenvalue weighted by Crippen LogP contribution is 2.06. The van der Waals surface area contributed by atoms with E-state index in [0.717, 1.165) is 37.1 Å². The van der Waals surface area contributed by atoms with E-state index in [2.05, 4.69) is 60.4 Å². The third-order valence-electron chi connectivity index (χ3n) is 3.55. The van der Waals surface area contributed by atoms with E-state index in [1.165, 1.54) is 18.4 Å².